The quantitative estimate of drug-likeness (QED) is 0.699. The van der Waals surface area contributed by atoms with E-state index >= 15 is 0 Å². The first-order valence-electron chi connectivity index (χ1n) is 10.00. The molecule has 0 radical (unpaired) electrons. The Hall–Kier alpha value is -3.18. The van der Waals surface area contributed by atoms with E-state index in [0.29, 0.717) is 11.3 Å². The van der Waals surface area contributed by atoms with Crippen molar-refractivity contribution >= 4 is 28.3 Å². The van der Waals surface area contributed by atoms with Crippen LogP contribution in [0.25, 0.3) is 10.8 Å². The molecule has 148 valence electrons. The molecule has 3 N–H and O–H groups in total. The number of primary amides is 1. The van der Waals surface area contributed by atoms with Crippen LogP contribution in [0.3, 0.4) is 0 Å². The van der Waals surface area contributed by atoms with Crippen molar-refractivity contribution in [3.8, 4) is 0 Å². The summed E-state index contributed by atoms with van der Waals surface area (Å²) >= 11 is 0. The lowest BCUT2D eigenvalue weighted by molar-refractivity contribution is -0.121. The van der Waals surface area contributed by atoms with Gasteiger partial charge < -0.3 is 11.1 Å². The Morgan fingerprint density at radius 2 is 1.76 bits per heavy atom. The summed E-state index contributed by atoms with van der Waals surface area (Å²) in [5.41, 5.74) is 7.68. The fourth-order valence-corrected chi connectivity index (χ4v) is 4.05. The van der Waals surface area contributed by atoms with E-state index < -0.39 is 5.91 Å². The number of anilines is 1. The molecular weight excluding hydrogens is 362 g/mol. The van der Waals surface area contributed by atoms with Gasteiger partial charge in [-0.05, 0) is 60.0 Å². The second kappa shape index (κ2) is 8.45. The first-order valence-corrected chi connectivity index (χ1v) is 10.00. The van der Waals surface area contributed by atoms with E-state index in [2.05, 4.69) is 52.7 Å². The first-order chi connectivity index (χ1) is 14.1. The molecule has 5 heteroatoms. The van der Waals surface area contributed by atoms with Crippen molar-refractivity contribution in [1.29, 1.82) is 0 Å². The smallest absolute Gasteiger partial charge is 0.248 e. The number of rotatable bonds is 5. The molecule has 1 aliphatic rings. The number of hydrogen-bond donors (Lipinski definition) is 2. The summed E-state index contributed by atoms with van der Waals surface area (Å²) in [6.07, 6.45) is 1.89. The molecule has 4 rings (SSSR count). The van der Waals surface area contributed by atoms with Gasteiger partial charge in [-0.15, -0.1) is 0 Å². The molecule has 3 aromatic carbocycles. The molecule has 0 aromatic heterocycles. The zero-order chi connectivity index (χ0) is 20.2. The number of nitrogens with one attached hydrogen (secondary N) is 1. The van der Waals surface area contributed by atoms with E-state index in [1.165, 1.54) is 16.3 Å². The average molecular weight is 387 g/mol. The number of hydrogen-bond acceptors (Lipinski definition) is 3. The number of likely N-dealkylation sites (tertiary alicyclic amines) is 1. The van der Waals surface area contributed by atoms with Crippen LogP contribution in [0.4, 0.5) is 5.69 Å². The van der Waals surface area contributed by atoms with Gasteiger partial charge in [-0.2, -0.15) is 0 Å². The summed E-state index contributed by atoms with van der Waals surface area (Å²) < 4.78 is 0. The van der Waals surface area contributed by atoms with E-state index in [1.807, 2.05) is 0 Å². The molecular formula is C24H25N3O2. The highest BCUT2D eigenvalue weighted by molar-refractivity contribution is 5.95. The fourth-order valence-electron chi connectivity index (χ4n) is 4.05. The van der Waals surface area contributed by atoms with E-state index in [0.717, 1.165) is 32.5 Å². The van der Waals surface area contributed by atoms with Crippen molar-refractivity contribution in [2.24, 2.45) is 11.7 Å². The molecule has 5 nitrogen and oxygen atoms in total. The van der Waals surface area contributed by atoms with Gasteiger partial charge in [0.25, 0.3) is 0 Å². The number of carbonyl (C=O) groups excluding carboxylic acids is 2. The highest BCUT2D eigenvalue weighted by Gasteiger charge is 2.26. The van der Waals surface area contributed by atoms with Crippen molar-refractivity contribution in [2.75, 3.05) is 18.4 Å². The number of piperidine rings is 1. The van der Waals surface area contributed by atoms with E-state index in [-0.39, 0.29) is 11.8 Å². The molecule has 1 aliphatic heterocycles. The van der Waals surface area contributed by atoms with Crippen molar-refractivity contribution in [1.82, 2.24) is 4.90 Å². The SMILES string of the molecule is NC(=O)c1ccc(NC(=O)C2CCCN(Cc3cccc4ccccc34)C2)cc1. The van der Waals surface area contributed by atoms with Crippen LogP contribution in [0.15, 0.2) is 66.7 Å². The van der Waals surface area contributed by atoms with Gasteiger partial charge in [-0.25, -0.2) is 0 Å². The second-order valence-corrected chi connectivity index (χ2v) is 7.64. The van der Waals surface area contributed by atoms with Gasteiger partial charge in [0.15, 0.2) is 0 Å². The Labute approximate surface area is 170 Å². The molecule has 1 atom stereocenters. The van der Waals surface area contributed by atoms with Crippen molar-refractivity contribution in [3.63, 3.8) is 0 Å². The maximum atomic E-state index is 12.8. The highest BCUT2D eigenvalue weighted by Crippen LogP contribution is 2.24. The molecule has 0 saturated carbocycles. The summed E-state index contributed by atoms with van der Waals surface area (Å²) in [6, 6.07) is 21.5. The van der Waals surface area contributed by atoms with Crippen LogP contribution in [-0.2, 0) is 11.3 Å². The average Bonchev–Trinajstić information content (AvgIpc) is 2.74. The third-order valence-corrected chi connectivity index (χ3v) is 5.59. The van der Waals surface area contributed by atoms with Crippen LogP contribution in [0, 0.1) is 5.92 Å². The number of nitrogens with zero attached hydrogens (tertiary/aromatic N) is 1. The molecule has 29 heavy (non-hydrogen) atoms. The summed E-state index contributed by atoms with van der Waals surface area (Å²) in [4.78, 5) is 26.3. The maximum Gasteiger partial charge on any atom is 0.248 e. The molecule has 3 aromatic rings. The molecule has 1 unspecified atom stereocenters. The first kappa shape index (κ1) is 19.2. The topological polar surface area (TPSA) is 75.4 Å². The largest absolute Gasteiger partial charge is 0.366 e. The van der Waals surface area contributed by atoms with Gasteiger partial charge in [-0.3, -0.25) is 14.5 Å². The normalized spacial score (nSPS) is 17.2. The van der Waals surface area contributed by atoms with Crippen LogP contribution in [0.2, 0.25) is 0 Å². The van der Waals surface area contributed by atoms with Gasteiger partial charge >= 0.3 is 0 Å². The number of benzene rings is 3. The van der Waals surface area contributed by atoms with Gasteiger partial charge in [0.1, 0.15) is 0 Å². The highest BCUT2D eigenvalue weighted by atomic mass is 16.2. The van der Waals surface area contributed by atoms with Crippen LogP contribution in [0.1, 0.15) is 28.8 Å². The fraction of sp³-hybridized carbons (Fsp3) is 0.250. The Morgan fingerprint density at radius 3 is 2.55 bits per heavy atom. The third-order valence-electron chi connectivity index (χ3n) is 5.59. The lowest BCUT2D eigenvalue weighted by Gasteiger charge is -2.32. The van der Waals surface area contributed by atoms with Crippen molar-refractivity contribution in [2.45, 2.75) is 19.4 Å². The minimum atomic E-state index is -0.473. The summed E-state index contributed by atoms with van der Waals surface area (Å²) in [5, 5.41) is 5.49. The van der Waals surface area contributed by atoms with Crippen LogP contribution in [-0.4, -0.2) is 29.8 Å². The Balaban J connectivity index is 1.41. The number of carbonyl (C=O) groups is 2. The van der Waals surface area contributed by atoms with Crippen molar-refractivity contribution < 1.29 is 9.59 Å². The molecule has 0 spiro atoms. The maximum absolute atomic E-state index is 12.8. The predicted octanol–water partition coefficient (Wildman–Crippen LogP) is 3.79. The molecule has 1 saturated heterocycles. The number of nitrogens with two attached hydrogens (primary N) is 1. The van der Waals surface area contributed by atoms with E-state index in [1.54, 1.807) is 24.3 Å². The molecule has 2 amide bonds. The summed E-state index contributed by atoms with van der Waals surface area (Å²) in [5.74, 6) is -0.492. The van der Waals surface area contributed by atoms with Crippen LogP contribution in [0.5, 0.6) is 0 Å². The second-order valence-electron chi connectivity index (χ2n) is 7.64. The number of fused-ring (bicyclic) bond motifs is 1. The lowest BCUT2D eigenvalue weighted by Crippen LogP contribution is -2.40. The monoisotopic (exact) mass is 387 g/mol. The lowest BCUT2D eigenvalue weighted by atomic mass is 9.96. The van der Waals surface area contributed by atoms with Crippen LogP contribution >= 0.6 is 0 Å². The molecule has 0 bridgehead atoms. The zero-order valence-electron chi connectivity index (χ0n) is 16.3. The molecule has 1 fully saturated rings. The Kier molecular flexibility index (Phi) is 5.58. The van der Waals surface area contributed by atoms with Gasteiger partial charge in [0.2, 0.25) is 11.8 Å². The van der Waals surface area contributed by atoms with Gasteiger partial charge in [0.05, 0.1) is 5.92 Å². The standard InChI is InChI=1S/C24H25N3O2/c25-23(28)18-10-12-21(13-11-18)26-24(29)20-8-4-14-27(16-20)15-19-7-3-6-17-5-1-2-9-22(17)19/h1-3,5-7,9-13,20H,4,8,14-16H2,(H2,25,28)(H,26,29). The summed E-state index contributed by atoms with van der Waals surface area (Å²) in [7, 11) is 0. The van der Waals surface area contributed by atoms with Crippen molar-refractivity contribution in [3.05, 3.63) is 77.9 Å². The Bertz CT molecular complexity index is 1020. The minimum Gasteiger partial charge on any atom is -0.366 e. The van der Waals surface area contributed by atoms with E-state index in [4.69, 9.17) is 5.73 Å². The van der Waals surface area contributed by atoms with Gasteiger partial charge in [-0.1, -0.05) is 42.5 Å². The van der Waals surface area contributed by atoms with E-state index in [9.17, 15) is 9.59 Å². The minimum absolute atomic E-state index is 0.0273. The predicted molar refractivity (Wildman–Crippen MR) is 116 cm³/mol. The zero-order valence-corrected chi connectivity index (χ0v) is 16.3. The van der Waals surface area contributed by atoms with Crippen LogP contribution < -0.4 is 11.1 Å². The molecule has 0 aliphatic carbocycles. The summed E-state index contributed by atoms with van der Waals surface area (Å²) in [6.45, 7) is 2.59. The molecule has 1 heterocycles. The Morgan fingerprint density at radius 1 is 1.00 bits per heavy atom. The van der Waals surface area contributed by atoms with Gasteiger partial charge in [0, 0.05) is 24.3 Å². The third kappa shape index (κ3) is 4.46. The number of amides is 2.